The first-order chi connectivity index (χ1) is 7.55. The second-order valence-corrected chi connectivity index (χ2v) is 5.85. The molecule has 0 fully saturated rings. The van der Waals surface area contributed by atoms with Gasteiger partial charge in [-0.15, -0.1) is 0 Å². The van der Waals surface area contributed by atoms with Crippen LogP contribution in [0.5, 0.6) is 0 Å². The first kappa shape index (κ1) is 16.4. The van der Waals surface area contributed by atoms with E-state index in [1.165, 1.54) is 0 Å². The van der Waals surface area contributed by atoms with Crippen LogP contribution in [0.4, 0.5) is 0 Å². The fraction of sp³-hybridized carbons (Fsp3) is 0.818. The Morgan fingerprint density at radius 3 is 2.18 bits per heavy atom. The Balaban J connectivity index is 5.08. The van der Waals surface area contributed by atoms with Gasteiger partial charge in [0.15, 0.2) is 0 Å². The van der Waals surface area contributed by atoms with Crippen LogP contribution in [0.1, 0.15) is 34.1 Å². The van der Waals surface area contributed by atoms with Gasteiger partial charge in [0.1, 0.15) is 5.60 Å². The van der Waals surface area contributed by atoms with Gasteiger partial charge in [0.2, 0.25) is 5.54 Å². The van der Waals surface area contributed by atoms with Gasteiger partial charge in [0.05, 0.1) is 0 Å². The molecule has 1 unspecified atom stereocenters. The van der Waals surface area contributed by atoms with E-state index in [0.29, 0.717) is 11.8 Å². The number of halogens is 1. The number of alkyl halides is 1. The number of nitrogens with two attached hydrogens (primary N) is 1. The maximum Gasteiger partial charge on any atom is 0.338 e. The molecule has 0 spiro atoms. The van der Waals surface area contributed by atoms with E-state index in [-0.39, 0.29) is 0 Å². The van der Waals surface area contributed by atoms with Crippen LogP contribution in [0, 0.1) is 5.92 Å². The lowest BCUT2D eigenvalue weighted by Crippen LogP contribution is -2.61. The van der Waals surface area contributed by atoms with E-state index in [2.05, 4.69) is 15.9 Å². The van der Waals surface area contributed by atoms with Gasteiger partial charge in [-0.1, -0.05) is 22.9 Å². The zero-order valence-electron chi connectivity index (χ0n) is 10.6. The van der Waals surface area contributed by atoms with Gasteiger partial charge in [0, 0.05) is 5.33 Å². The molecule has 0 aliphatic heterocycles. The maximum absolute atomic E-state index is 11.9. The highest BCUT2D eigenvalue weighted by Gasteiger charge is 2.49. The second-order valence-electron chi connectivity index (χ2n) is 5.05. The number of carboxylic acids is 1. The summed E-state index contributed by atoms with van der Waals surface area (Å²) in [5, 5.41) is 9.73. The van der Waals surface area contributed by atoms with E-state index in [4.69, 9.17) is 15.6 Å². The number of carbonyl (C=O) groups excluding carboxylic acids is 1. The van der Waals surface area contributed by atoms with Crippen LogP contribution in [-0.4, -0.2) is 33.5 Å². The first-order valence-electron chi connectivity index (χ1n) is 5.37. The van der Waals surface area contributed by atoms with E-state index in [9.17, 15) is 9.59 Å². The van der Waals surface area contributed by atoms with E-state index < -0.39 is 29.0 Å². The van der Waals surface area contributed by atoms with Crippen molar-refractivity contribution in [3.05, 3.63) is 0 Å². The van der Waals surface area contributed by atoms with Crippen molar-refractivity contribution in [1.82, 2.24) is 0 Å². The molecule has 0 heterocycles. The molecule has 3 N–H and O–H groups in total. The molecule has 100 valence electrons. The van der Waals surface area contributed by atoms with Crippen molar-refractivity contribution in [2.75, 3.05) is 5.33 Å². The number of hydrogen-bond donors (Lipinski definition) is 2. The standard InChI is InChI=1S/C11H20BrNO4/c1-7(5-6-12)11(13,8(14)15)9(16)17-10(2,3)4/h7H,5-6,13H2,1-4H3,(H,14,15)/t7?,11-/m0/s1. The maximum atomic E-state index is 11.9. The van der Waals surface area contributed by atoms with Gasteiger partial charge in [0.25, 0.3) is 0 Å². The highest BCUT2D eigenvalue weighted by atomic mass is 79.9. The quantitative estimate of drug-likeness (QED) is 0.457. The first-order valence-corrected chi connectivity index (χ1v) is 6.49. The van der Waals surface area contributed by atoms with Gasteiger partial charge < -0.3 is 15.6 Å². The minimum absolute atomic E-state index is 0.474. The van der Waals surface area contributed by atoms with Crippen LogP contribution in [0.15, 0.2) is 0 Å². The van der Waals surface area contributed by atoms with Gasteiger partial charge in [-0.2, -0.15) is 0 Å². The smallest absolute Gasteiger partial charge is 0.338 e. The van der Waals surface area contributed by atoms with Crippen molar-refractivity contribution in [3.63, 3.8) is 0 Å². The third-order valence-corrected chi connectivity index (χ3v) is 2.87. The number of ether oxygens (including phenoxy) is 1. The van der Waals surface area contributed by atoms with Gasteiger partial charge >= 0.3 is 11.9 Å². The molecule has 2 atom stereocenters. The molecule has 5 nitrogen and oxygen atoms in total. The number of carboxylic acid groups (broad SMARTS) is 1. The van der Waals surface area contributed by atoms with Crippen molar-refractivity contribution in [2.45, 2.75) is 45.3 Å². The van der Waals surface area contributed by atoms with Crippen LogP contribution >= 0.6 is 15.9 Å². The van der Waals surface area contributed by atoms with Gasteiger partial charge in [-0.05, 0) is 33.1 Å². The summed E-state index contributed by atoms with van der Waals surface area (Å²) in [6, 6.07) is 0. The van der Waals surface area contributed by atoms with Gasteiger partial charge in [-0.3, -0.25) is 0 Å². The summed E-state index contributed by atoms with van der Waals surface area (Å²) in [6.07, 6.45) is 0.474. The highest BCUT2D eigenvalue weighted by molar-refractivity contribution is 9.09. The molecule has 0 aromatic heterocycles. The molecule has 0 rings (SSSR count). The number of hydrogen-bond acceptors (Lipinski definition) is 4. The van der Waals surface area contributed by atoms with Crippen molar-refractivity contribution in [1.29, 1.82) is 0 Å². The Kier molecular flexibility index (Phi) is 5.61. The normalized spacial score (nSPS) is 17.1. The molecule has 0 aromatic carbocycles. The Labute approximate surface area is 110 Å². The van der Waals surface area contributed by atoms with E-state index in [1.54, 1.807) is 27.7 Å². The van der Waals surface area contributed by atoms with Crippen LogP contribution < -0.4 is 5.73 Å². The second kappa shape index (κ2) is 5.82. The Morgan fingerprint density at radius 1 is 1.41 bits per heavy atom. The summed E-state index contributed by atoms with van der Waals surface area (Å²) in [5.41, 5.74) is 2.97. The molecule has 0 amide bonds. The summed E-state index contributed by atoms with van der Waals surface area (Å²) in [7, 11) is 0. The predicted molar refractivity (Wildman–Crippen MR) is 68.0 cm³/mol. The molecule has 0 aliphatic carbocycles. The van der Waals surface area contributed by atoms with Crippen LogP contribution in [0.25, 0.3) is 0 Å². The Bertz CT molecular complexity index is 300. The SMILES string of the molecule is CC(CCBr)[C@](N)(C(=O)O)C(=O)OC(C)(C)C. The van der Waals surface area contributed by atoms with E-state index >= 15 is 0 Å². The number of aliphatic carboxylic acids is 1. The van der Waals surface area contributed by atoms with Crippen LogP contribution in [-0.2, 0) is 14.3 Å². The summed E-state index contributed by atoms with van der Waals surface area (Å²) < 4.78 is 5.07. The summed E-state index contributed by atoms with van der Waals surface area (Å²) >= 11 is 3.20. The number of carbonyl (C=O) groups is 2. The summed E-state index contributed by atoms with van der Waals surface area (Å²) in [6.45, 7) is 6.63. The lowest BCUT2D eigenvalue weighted by molar-refractivity contribution is -0.171. The molecule has 0 saturated heterocycles. The number of esters is 1. The molecular formula is C11H20BrNO4. The molecule has 0 bridgehead atoms. The molecule has 0 aliphatic rings. The third-order valence-electron chi connectivity index (χ3n) is 2.41. The Morgan fingerprint density at radius 2 is 1.88 bits per heavy atom. The average molecular weight is 310 g/mol. The zero-order valence-corrected chi connectivity index (χ0v) is 12.2. The van der Waals surface area contributed by atoms with E-state index in [1.807, 2.05) is 0 Å². The fourth-order valence-corrected chi connectivity index (χ4v) is 1.94. The van der Waals surface area contributed by atoms with E-state index in [0.717, 1.165) is 0 Å². The summed E-state index contributed by atoms with van der Waals surface area (Å²) in [5.74, 6) is -2.78. The van der Waals surface area contributed by atoms with Crippen molar-refractivity contribution >= 4 is 27.9 Å². The van der Waals surface area contributed by atoms with Gasteiger partial charge in [-0.25, -0.2) is 9.59 Å². The average Bonchev–Trinajstić information content (AvgIpc) is 2.13. The molecule has 6 heteroatoms. The van der Waals surface area contributed by atoms with Crippen LogP contribution in [0.2, 0.25) is 0 Å². The Hall–Kier alpha value is -0.620. The minimum Gasteiger partial charge on any atom is -0.479 e. The number of rotatable bonds is 5. The predicted octanol–water partition coefficient (Wildman–Crippen LogP) is 1.53. The lowest BCUT2D eigenvalue weighted by atomic mass is 9.84. The largest absolute Gasteiger partial charge is 0.479 e. The molecule has 0 saturated carbocycles. The molecule has 0 aromatic rings. The lowest BCUT2D eigenvalue weighted by Gasteiger charge is -2.32. The van der Waals surface area contributed by atoms with Crippen molar-refractivity contribution < 1.29 is 19.4 Å². The topological polar surface area (TPSA) is 89.6 Å². The van der Waals surface area contributed by atoms with Crippen molar-refractivity contribution in [3.8, 4) is 0 Å². The summed E-state index contributed by atoms with van der Waals surface area (Å²) in [4.78, 5) is 23.1. The minimum atomic E-state index is -2.00. The molecule has 0 radical (unpaired) electrons. The highest BCUT2D eigenvalue weighted by Crippen LogP contribution is 2.23. The fourth-order valence-electron chi connectivity index (χ4n) is 1.25. The zero-order chi connectivity index (χ0) is 13.9. The monoisotopic (exact) mass is 309 g/mol. The van der Waals surface area contributed by atoms with Crippen LogP contribution in [0.3, 0.4) is 0 Å². The third kappa shape index (κ3) is 4.27. The van der Waals surface area contributed by atoms with Crippen molar-refractivity contribution in [2.24, 2.45) is 11.7 Å². The molecule has 17 heavy (non-hydrogen) atoms. The molecular weight excluding hydrogens is 290 g/mol.